The highest BCUT2D eigenvalue weighted by Gasteiger charge is 2.30. The smallest absolute Gasteiger partial charge is 0.389 e. The Morgan fingerprint density at radius 1 is 0.976 bits per heavy atom. The zero-order chi connectivity index (χ0) is 28.7. The number of benzene rings is 4. The number of halogens is 5. The molecule has 2 atom stereocenters. The van der Waals surface area contributed by atoms with E-state index in [1.54, 1.807) is 29.1 Å². The molecule has 6 rings (SSSR count). The van der Waals surface area contributed by atoms with Gasteiger partial charge >= 0.3 is 6.18 Å². The minimum absolute atomic E-state index is 0.0318. The highest BCUT2D eigenvalue weighted by molar-refractivity contribution is 9.10. The molecule has 0 amide bonds. The number of rotatable bonds is 6. The molecule has 0 radical (unpaired) electrons. The van der Waals surface area contributed by atoms with Crippen LogP contribution >= 0.6 is 15.9 Å². The van der Waals surface area contributed by atoms with Crippen LogP contribution in [0.15, 0.2) is 89.5 Å². The van der Waals surface area contributed by atoms with Crippen LogP contribution in [0.5, 0.6) is 0 Å². The van der Waals surface area contributed by atoms with Gasteiger partial charge in [0.25, 0.3) is 0 Å². The Kier molecular flexibility index (Phi) is 7.44. The van der Waals surface area contributed by atoms with E-state index in [1.807, 2.05) is 18.2 Å². The van der Waals surface area contributed by atoms with Crippen LogP contribution in [0.2, 0.25) is 0 Å². The van der Waals surface area contributed by atoms with Gasteiger partial charge in [-0.25, -0.2) is 4.39 Å². The molecule has 0 saturated carbocycles. The van der Waals surface area contributed by atoms with Gasteiger partial charge in [-0.05, 0) is 81.9 Å². The van der Waals surface area contributed by atoms with Crippen molar-refractivity contribution >= 4 is 26.7 Å². The Labute approximate surface area is 242 Å². The molecule has 1 aliphatic rings. The van der Waals surface area contributed by atoms with Crippen LogP contribution in [0.4, 0.5) is 17.6 Å². The molecule has 4 aromatic carbocycles. The number of fused-ring (bicyclic) bond motifs is 3. The summed E-state index contributed by atoms with van der Waals surface area (Å²) in [5, 5.41) is 17.4. The van der Waals surface area contributed by atoms with E-state index in [0.29, 0.717) is 24.1 Å². The van der Waals surface area contributed by atoms with Crippen LogP contribution in [0.3, 0.4) is 0 Å². The molecule has 0 saturated heterocycles. The molecule has 9 heteroatoms. The van der Waals surface area contributed by atoms with Crippen molar-refractivity contribution < 1.29 is 27.4 Å². The lowest BCUT2D eigenvalue weighted by molar-refractivity contribution is -0.137. The van der Waals surface area contributed by atoms with Crippen LogP contribution in [0.25, 0.3) is 22.0 Å². The monoisotopic (exact) mass is 624 g/mol. The van der Waals surface area contributed by atoms with Gasteiger partial charge in [0, 0.05) is 22.7 Å². The van der Waals surface area contributed by atoms with Crippen molar-refractivity contribution in [3.63, 3.8) is 0 Å². The Morgan fingerprint density at radius 2 is 1.78 bits per heavy atom. The summed E-state index contributed by atoms with van der Waals surface area (Å²) in [7, 11) is 0. The molecular formula is C32H25BrF4N2O2. The molecule has 210 valence electrons. The van der Waals surface area contributed by atoms with Crippen LogP contribution in [0.1, 0.15) is 33.9 Å². The van der Waals surface area contributed by atoms with E-state index in [4.69, 9.17) is 4.74 Å². The molecule has 5 aromatic rings. The van der Waals surface area contributed by atoms with E-state index < -0.39 is 17.8 Å². The molecule has 0 aliphatic heterocycles. The number of alkyl halides is 3. The predicted octanol–water partition coefficient (Wildman–Crippen LogP) is 7.89. The average molecular weight is 625 g/mol. The molecule has 1 aliphatic carbocycles. The summed E-state index contributed by atoms with van der Waals surface area (Å²) in [6, 6.07) is 21.6. The zero-order valence-corrected chi connectivity index (χ0v) is 23.3. The van der Waals surface area contributed by atoms with E-state index in [9.17, 15) is 22.7 Å². The Morgan fingerprint density at radius 3 is 2.56 bits per heavy atom. The lowest BCUT2D eigenvalue weighted by atomic mass is 9.95. The summed E-state index contributed by atoms with van der Waals surface area (Å²) < 4.78 is 61.6. The molecule has 41 heavy (non-hydrogen) atoms. The van der Waals surface area contributed by atoms with Gasteiger partial charge in [-0.15, -0.1) is 0 Å². The van der Waals surface area contributed by atoms with Gasteiger partial charge in [0.1, 0.15) is 5.82 Å². The fourth-order valence-electron chi connectivity index (χ4n) is 5.37. The number of aliphatic hydroxyl groups is 1. The van der Waals surface area contributed by atoms with Crippen LogP contribution < -0.4 is 0 Å². The lowest BCUT2D eigenvalue weighted by Crippen LogP contribution is -2.24. The van der Waals surface area contributed by atoms with Crippen LogP contribution in [-0.4, -0.2) is 27.6 Å². The van der Waals surface area contributed by atoms with Crippen molar-refractivity contribution in [2.24, 2.45) is 0 Å². The number of aliphatic hydroxyl groups excluding tert-OH is 1. The van der Waals surface area contributed by atoms with Gasteiger partial charge < -0.3 is 9.84 Å². The van der Waals surface area contributed by atoms with Crippen molar-refractivity contribution in [1.82, 2.24) is 9.78 Å². The van der Waals surface area contributed by atoms with Crippen molar-refractivity contribution in [3.05, 3.63) is 123 Å². The SMILES string of the molecule is OC(COC1Cc2ccc(F)cc2Cc2cc3cccc(Br)c3cc21)Cn1ccc(-c2ccc(C(F)(F)F)cc2)n1. The van der Waals surface area contributed by atoms with Gasteiger partial charge in [0.05, 0.1) is 36.6 Å². The molecule has 1 aromatic heterocycles. The van der Waals surface area contributed by atoms with Crippen molar-refractivity contribution in [2.75, 3.05) is 6.61 Å². The first-order chi connectivity index (χ1) is 19.6. The summed E-state index contributed by atoms with van der Waals surface area (Å²) in [5.74, 6) is -0.279. The Balaban J connectivity index is 1.20. The number of hydrogen-bond acceptors (Lipinski definition) is 3. The van der Waals surface area contributed by atoms with E-state index >= 15 is 0 Å². The molecule has 4 nitrogen and oxygen atoms in total. The molecular weight excluding hydrogens is 600 g/mol. The third-order valence-corrected chi connectivity index (χ3v) is 8.12. The van der Waals surface area contributed by atoms with Crippen molar-refractivity contribution in [2.45, 2.75) is 37.8 Å². The fourth-order valence-corrected chi connectivity index (χ4v) is 5.86. The molecule has 0 fully saturated rings. The molecule has 0 bridgehead atoms. The summed E-state index contributed by atoms with van der Waals surface area (Å²) in [4.78, 5) is 0. The Bertz CT molecular complexity index is 1720. The van der Waals surface area contributed by atoms with Crippen molar-refractivity contribution in [3.8, 4) is 11.3 Å². The largest absolute Gasteiger partial charge is 0.416 e. The second-order valence-corrected chi connectivity index (χ2v) is 11.1. The zero-order valence-electron chi connectivity index (χ0n) is 21.7. The quantitative estimate of drug-likeness (QED) is 0.195. The molecule has 1 heterocycles. The predicted molar refractivity (Wildman–Crippen MR) is 152 cm³/mol. The van der Waals surface area contributed by atoms with Gasteiger partial charge in [-0.3, -0.25) is 4.68 Å². The normalized spacial score (nSPS) is 15.8. The number of ether oxygens (including phenoxy) is 1. The standard InChI is InChI=1S/C32H25BrF4N2O2/c33-29-3-1-2-21-12-23-13-22-14-25(34)9-6-20(22)15-31(28(23)16-27(21)29)41-18-26(40)17-39-11-10-30(38-39)19-4-7-24(8-5-19)32(35,36)37/h1-12,14,16,26,31,40H,13,15,17-18H2. The molecule has 0 spiro atoms. The van der Waals surface area contributed by atoms with Gasteiger partial charge in [0.15, 0.2) is 0 Å². The topological polar surface area (TPSA) is 47.3 Å². The third kappa shape index (κ3) is 5.93. The summed E-state index contributed by atoms with van der Waals surface area (Å²) in [6.45, 7) is 0.176. The van der Waals surface area contributed by atoms with Gasteiger partial charge in [-0.2, -0.15) is 18.3 Å². The summed E-state index contributed by atoms with van der Waals surface area (Å²) >= 11 is 3.64. The maximum Gasteiger partial charge on any atom is 0.416 e. The van der Waals surface area contributed by atoms with Crippen LogP contribution in [-0.2, 0) is 30.3 Å². The maximum atomic E-state index is 14.1. The second kappa shape index (κ2) is 11.0. The van der Waals surface area contributed by atoms with Crippen molar-refractivity contribution in [1.29, 1.82) is 0 Å². The number of hydrogen-bond donors (Lipinski definition) is 1. The first kappa shape index (κ1) is 27.6. The Hall–Kier alpha value is -3.53. The van der Waals surface area contributed by atoms with Gasteiger partial charge in [0.2, 0.25) is 0 Å². The average Bonchev–Trinajstić information content (AvgIpc) is 3.34. The lowest BCUT2D eigenvalue weighted by Gasteiger charge is -2.22. The first-order valence-corrected chi connectivity index (χ1v) is 13.9. The van der Waals surface area contributed by atoms with E-state index in [0.717, 1.165) is 49.6 Å². The highest BCUT2D eigenvalue weighted by Crippen LogP contribution is 2.37. The highest BCUT2D eigenvalue weighted by atomic mass is 79.9. The summed E-state index contributed by atoms with van der Waals surface area (Å²) in [5.41, 5.74) is 4.29. The van der Waals surface area contributed by atoms with Crippen LogP contribution in [0, 0.1) is 5.82 Å². The van der Waals surface area contributed by atoms with Gasteiger partial charge in [-0.1, -0.05) is 52.3 Å². The minimum atomic E-state index is -4.40. The minimum Gasteiger partial charge on any atom is -0.389 e. The molecule has 1 N–H and O–H groups in total. The van der Waals surface area contributed by atoms with E-state index in [-0.39, 0.29) is 25.1 Å². The second-order valence-electron chi connectivity index (χ2n) is 10.3. The number of aromatic nitrogens is 2. The maximum absolute atomic E-state index is 14.1. The fraction of sp³-hybridized carbons (Fsp3) is 0.219. The first-order valence-electron chi connectivity index (χ1n) is 13.1. The molecule has 2 unspecified atom stereocenters. The third-order valence-electron chi connectivity index (χ3n) is 7.42. The number of nitrogens with zero attached hydrogens (tertiary/aromatic N) is 2. The summed E-state index contributed by atoms with van der Waals surface area (Å²) in [6.07, 6.45) is -2.86. The van der Waals surface area contributed by atoms with E-state index in [1.165, 1.54) is 18.2 Å². The van der Waals surface area contributed by atoms with E-state index in [2.05, 4.69) is 33.2 Å².